The zero-order chi connectivity index (χ0) is 14.9. The highest BCUT2D eigenvalue weighted by Crippen LogP contribution is 2.26. The Kier molecular flexibility index (Phi) is 4.11. The molecule has 0 aliphatic rings. The molecule has 2 aromatic rings. The number of nitrogens with zero attached hydrogens (tertiary/aromatic N) is 1. The molecule has 0 saturated heterocycles. The van der Waals surface area contributed by atoms with Gasteiger partial charge in [0.15, 0.2) is 5.82 Å². The van der Waals surface area contributed by atoms with Crippen molar-refractivity contribution in [3.05, 3.63) is 39.9 Å². The van der Waals surface area contributed by atoms with Crippen molar-refractivity contribution >= 4 is 31.6 Å². The van der Waals surface area contributed by atoms with Crippen LogP contribution < -0.4 is 10.5 Å². The summed E-state index contributed by atoms with van der Waals surface area (Å²) in [6, 6.07) is 2.37. The van der Waals surface area contributed by atoms with Crippen molar-refractivity contribution in [3.8, 4) is 0 Å². The van der Waals surface area contributed by atoms with Crippen LogP contribution in [0, 0.1) is 12.7 Å². The van der Waals surface area contributed by atoms with E-state index in [4.69, 9.17) is 5.73 Å². The normalized spacial score (nSPS) is 11.8. The molecule has 0 amide bonds. The van der Waals surface area contributed by atoms with Crippen molar-refractivity contribution in [1.29, 1.82) is 0 Å². The second kappa shape index (κ2) is 5.51. The third kappa shape index (κ3) is 3.00. The van der Waals surface area contributed by atoms with Gasteiger partial charge in [0.1, 0.15) is 4.90 Å². The van der Waals surface area contributed by atoms with Crippen LogP contribution in [0.1, 0.15) is 11.3 Å². The summed E-state index contributed by atoms with van der Waals surface area (Å²) in [5.41, 5.74) is 7.10. The second-order valence-corrected chi connectivity index (χ2v) is 6.75. The van der Waals surface area contributed by atoms with E-state index >= 15 is 0 Å². The predicted molar refractivity (Wildman–Crippen MR) is 75.9 cm³/mol. The van der Waals surface area contributed by atoms with Crippen LogP contribution >= 0.6 is 15.9 Å². The summed E-state index contributed by atoms with van der Waals surface area (Å²) < 4.78 is 40.4. The second-order valence-electron chi connectivity index (χ2n) is 4.16. The monoisotopic (exact) mass is 362 g/mol. The van der Waals surface area contributed by atoms with Gasteiger partial charge < -0.3 is 5.73 Å². The van der Waals surface area contributed by atoms with Crippen molar-refractivity contribution in [2.24, 2.45) is 0 Å². The van der Waals surface area contributed by atoms with Gasteiger partial charge in [-0.3, -0.25) is 5.10 Å². The Morgan fingerprint density at radius 1 is 1.50 bits per heavy atom. The lowest BCUT2D eigenvalue weighted by Gasteiger charge is -2.09. The van der Waals surface area contributed by atoms with Crippen molar-refractivity contribution in [2.75, 3.05) is 5.73 Å². The zero-order valence-corrected chi connectivity index (χ0v) is 12.8. The fourth-order valence-electron chi connectivity index (χ4n) is 1.58. The summed E-state index contributed by atoms with van der Waals surface area (Å²) in [5.74, 6) is -0.879. The maximum absolute atomic E-state index is 13.9. The molecule has 4 N–H and O–H groups in total. The quantitative estimate of drug-likeness (QED) is 0.720. The van der Waals surface area contributed by atoms with Gasteiger partial charge in [-0.25, -0.2) is 17.5 Å². The first kappa shape index (κ1) is 14.9. The molecule has 0 radical (unpaired) electrons. The first-order valence-electron chi connectivity index (χ1n) is 5.54. The molecule has 0 unspecified atom stereocenters. The Balaban J connectivity index is 2.29. The van der Waals surface area contributed by atoms with Crippen LogP contribution in [-0.2, 0) is 16.6 Å². The van der Waals surface area contributed by atoms with Gasteiger partial charge in [-0.1, -0.05) is 0 Å². The largest absolute Gasteiger partial charge is 0.399 e. The van der Waals surface area contributed by atoms with Crippen LogP contribution in [0.25, 0.3) is 0 Å². The maximum Gasteiger partial charge on any atom is 0.243 e. The fraction of sp³-hybridized carbons (Fsp3) is 0.182. The van der Waals surface area contributed by atoms with E-state index in [-0.39, 0.29) is 16.7 Å². The highest BCUT2D eigenvalue weighted by atomic mass is 79.9. The molecule has 20 heavy (non-hydrogen) atoms. The van der Waals surface area contributed by atoms with E-state index in [9.17, 15) is 12.8 Å². The van der Waals surface area contributed by atoms with Crippen molar-refractivity contribution < 1.29 is 12.8 Å². The predicted octanol–water partition coefficient (Wildman–Crippen LogP) is 1.68. The number of sulfonamides is 1. The molecule has 0 fully saturated rings. The molecule has 2 rings (SSSR count). The van der Waals surface area contributed by atoms with E-state index < -0.39 is 20.7 Å². The van der Waals surface area contributed by atoms with Crippen LogP contribution in [0.5, 0.6) is 0 Å². The van der Waals surface area contributed by atoms with Gasteiger partial charge in [0.2, 0.25) is 10.0 Å². The minimum atomic E-state index is -4.01. The molecular formula is C11H12BrFN4O2S. The molecule has 1 aromatic carbocycles. The fourth-order valence-corrected chi connectivity index (χ4v) is 3.33. The standard InChI is InChI=1S/C11H12BrFN4O2S/c1-6-7(4-15-17-6)5-16-20(18,19)10-3-8(14)2-9(12)11(10)13/h2-4,16H,5,14H2,1H3,(H,15,17). The Morgan fingerprint density at radius 3 is 2.80 bits per heavy atom. The first-order valence-corrected chi connectivity index (χ1v) is 7.82. The van der Waals surface area contributed by atoms with Gasteiger partial charge in [0.05, 0.1) is 10.7 Å². The van der Waals surface area contributed by atoms with Gasteiger partial charge in [-0.05, 0) is 35.0 Å². The van der Waals surface area contributed by atoms with Gasteiger partial charge in [0.25, 0.3) is 0 Å². The number of nitrogens with two attached hydrogens (primary N) is 1. The van der Waals surface area contributed by atoms with E-state index in [0.29, 0.717) is 5.56 Å². The number of hydrogen-bond acceptors (Lipinski definition) is 4. The van der Waals surface area contributed by atoms with Crippen molar-refractivity contribution in [3.63, 3.8) is 0 Å². The average molecular weight is 363 g/mol. The van der Waals surface area contributed by atoms with E-state index in [1.54, 1.807) is 6.92 Å². The minimum Gasteiger partial charge on any atom is -0.399 e. The van der Waals surface area contributed by atoms with Crippen LogP contribution in [0.4, 0.5) is 10.1 Å². The molecule has 0 atom stereocenters. The SMILES string of the molecule is Cc1[nH]ncc1CNS(=O)(=O)c1cc(N)cc(Br)c1F. The van der Waals surface area contributed by atoms with E-state index in [1.165, 1.54) is 12.3 Å². The molecule has 0 bridgehead atoms. The molecule has 1 heterocycles. The van der Waals surface area contributed by atoms with Crippen LogP contribution in [0.3, 0.4) is 0 Å². The zero-order valence-electron chi connectivity index (χ0n) is 10.4. The number of aromatic amines is 1. The number of hydrogen-bond donors (Lipinski definition) is 3. The van der Waals surface area contributed by atoms with Gasteiger partial charge >= 0.3 is 0 Å². The Hall–Kier alpha value is -1.45. The molecule has 1 aromatic heterocycles. The summed E-state index contributed by atoms with van der Waals surface area (Å²) >= 11 is 2.93. The van der Waals surface area contributed by atoms with Gasteiger partial charge in [-0.15, -0.1) is 0 Å². The number of halogens is 2. The lowest BCUT2D eigenvalue weighted by atomic mass is 10.3. The first-order chi connectivity index (χ1) is 9.31. The van der Waals surface area contributed by atoms with E-state index in [1.807, 2.05) is 0 Å². The van der Waals surface area contributed by atoms with Crippen LogP contribution in [-0.4, -0.2) is 18.6 Å². The van der Waals surface area contributed by atoms with E-state index in [2.05, 4.69) is 30.8 Å². The summed E-state index contributed by atoms with van der Waals surface area (Å²) in [4.78, 5) is -0.495. The Morgan fingerprint density at radius 2 is 2.20 bits per heavy atom. The topological polar surface area (TPSA) is 101 Å². The number of benzene rings is 1. The number of nitrogens with one attached hydrogen (secondary N) is 2. The van der Waals surface area contributed by atoms with Gasteiger partial charge in [-0.2, -0.15) is 5.10 Å². The molecule has 6 nitrogen and oxygen atoms in total. The summed E-state index contributed by atoms with van der Waals surface area (Å²) in [6.07, 6.45) is 1.50. The molecule has 0 spiro atoms. The van der Waals surface area contributed by atoms with Crippen molar-refractivity contribution in [2.45, 2.75) is 18.4 Å². The Bertz CT molecular complexity index is 745. The van der Waals surface area contributed by atoms with Crippen LogP contribution in [0.15, 0.2) is 27.7 Å². The lowest BCUT2D eigenvalue weighted by Crippen LogP contribution is -2.24. The highest BCUT2D eigenvalue weighted by molar-refractivity contribution is 9.10. The number of aryl methyl sites for hydroxylation is 1. The molecular weight excluding hydrogens is 351 g/mol. The number of nitrogen functional groups attached to an aromatic ring is 1. The lowest BCUT2D eigenvalue weighted by molar-refractivity contribution is 0.554. The number of aromatic nitrogens is 2. The molecule has 108 valence electrons. The third-order valence-electron chi connectivity index (χ3n) is 2.69. The molecule has 9 heteroatoms. The number of H-pyrrole nitrogens is 1. The minimum absolute atomic E-state index is 0.00244. The van der Waals surface area contributed by atoms with Crippen LogP contribution in [0.2, 0.25) is 0 Å². The highest BCUT2D eigenvalue weighted by Gasteiger charge is 2.21. The number of rotatable bonds is 4. The summed E-state index contributed by atoms with van der Waals surface area (Å²) in [6.45, 7) is 1.77. The maximum atomic E-state index is 13.9. The van der Waals surface area contributed by atoms with Gasteiger partial charge in [0, 0.05) is 23.5 Å². The molecule has 0 aliphatic carbocycles. The van der Waals surface area contributed by atoms with Crippen molar-refractivity contribution in [1.82, 2.24) is 14.9 Å². The number of anilines is 1. The summed E-state index contributed by atoms with van der Waals surface area (Å²) in [7, 11) is -4.01. The molecule has 0 aliphatic heterocycles. The average Bonchev–Trinajstić information content (AvgIpc) is 2.77. The van der Waals surface area contributed by atoms with E-state index in [0.717, 1.165) is 11.8 Å². The third-order valence-corrected chi connectivity index (χ3v) is 4.67. The smallest absolute Gasteiger partial charge is 0.243 e. The summed E-state index contributed by atoms with van der Waals surface area (Å²) in [5, 5.41) is 6.47. The molecule has 0 saturated carbocycles. The Labute approximate surface area is 123 Å².